The van der Waals surface area contributed by atoms with Crippen molar-refractivity contribution >= 4 is 11.0 Å². The molecule has 2 aromatic carbocycles. The molecule has 2 heteroatoms. The maximum Gasteiger partial charge on any atom is 0.344 e. The second-order valence-corrected chi connectivity index (χ2v) is 5.86. The van der Waals surface area contributed by atoms with Crippen LogP contribution >= 0.6 is 0 Å². The maximum absolute atomic E-state index is 12.4. The van der Waals surface area contributed by atoms with E-state index in [1.165, 1.54) is 16.7 Å². The molecule has 0 aliphatic heterocycles. The third-order valence-corrected chi connectivity index (χ3v) is 4.49. The van der Waals surface area contributed by atoms with Crippen LogP contribution in [-0.2, 0) is 19.3 Å². The van der Waals surface area contributed by atoms with Gasteiger partial charge >= 0.3 is 5.63 Å². The lowest BCUT2D eigenvalue weighted by Gasteiger charge is -2.09. The van der Waals surface area contributed by atoms with Gasteiger partial charge in [-0.25, -0.2) is 4.79 Å². The number of hydrogen-bond acceptors (Lipinski definition) is 2. The number of benzene rings is 2. The Hall–Kier alpha value is -2.35. The highest BCUT2D eigenvalue weighted by atomic mass is 16.4. The third-order valence-electron chi connectivity index (χ3n) is 4.49. The van der Waals surface area contributed by atoms with Crippen LogP contribution in [-0.4, -0.2) is 0 Å². The molecule has 0 radical (unpaired) electrons. The number of hydrogen-bond donors (Lipinski definition) is 0. The van der Waals surface area contributed by atoms with Crippen molar-refractivity contribution in [3.05, 3.63) is 69.6 Å². The van der Waals surface area contributed by atoms with Crippen LogP contribution in [0.2, 0.25) is 0 Å². The molecule has 3 rings (SSSR count). The van der Waals surface area contributed by atoms with Crippen LogP contribution in [0.1, 0.15) is 37.5 Å². The van der Waals surface area contributed by atoms with Gasteiger partial charge in [-0.15, -0.1) is 0 Å². The first-order chi connectivity index (χ1) is 11.2. The van der Waals surface area contributed by atoms with Crippen molar-refractivity contribution in [1.29, 1.82) is 0 Å². The largest absolute Gasteiger partial charge is 0.422 e. The van der Waals surface area contributed by atoms with E-state index in [2.05, 4.69) is 39.0 Å². The number of fused-ring (bicyclic) bond motifs is 1. The normalized spacial score (nSPS) is 11.1. The summed E-state index contributed by atoms with van der Waals surface area (Å²) in [6, 6.07) is 14.3. The van der Waals surface area contributed by atoms with E-state index >= 15 is 0 Å². The molecular formula is C21H22O2. The summed E-state index contributed by atoms with van der Waals surface area (Å²) in [5, 5.41) is 0.994. The van der Waals surface area contributed by atoms with Gasteiger partial charge in [0.15, 0.2) is 0 Å². The summed E-state index contributed by atoms with van der Waals surface area (Å²) >= 11 is 0. The quantitative estimate of drug-likeness (QED) is 0.624. The van der Waals surface area contributed by atoms with Crippen LogP contribution in [0.25, 0.3) is 22.1 Å². The highest BCUT2D eigenvalue weighted by molar-refractivity contribution is 5.83. The van der Waals surface area contributed by atoms with Crippen molar-refractivity contribution in [1.82, 2.24) is 0 Å². The minimum Gasteiger partial charge on any atom is -0.422 e. The van der Waals surface area contributed by atoms with Crippen LogP contribution < -0.4 is 5.63 Å². The standard InChI is InChI=1S/C21H22O2/c1-4-14-7-9-17(10-8-14)19-12-18-11-15(5-2)16(6-3)13-20(18)23-21(19)22/h7-13H,4-6H2,1-3H3. The summed E-state index contributed by atoms with van der Waals surface area (Å²) in [5.41, 5.74) is 5.79. The Labute approximate surface area is 136 Å². The number of aryl methyl sites for hydroxylation is 3. The Bertz CT molecular complexity index is 886. The van der Waals surface area contributed by atoms with Crippen LogP contribution in [0, 0.1) is 0 Å². The van der Waals surface area contributed by atoms with Gasteiger partial charge in [0, 0.05) is 5.39 Å². The average Bonchev–Trinajstić information content (AvgIpc) is 2.60. The molecule has 0 saturated heterocycles. The van der Waals surface area contributed by atoms with Gasteiger partial charge < -0.3 is 4.42 Å². The van der Waals surface area contributed by atoms with Gasteiger partial charge in [0.1, 0.15) is 5.58 Å². The lowest BCUT2D eigenvalue weighted by molar-refractivity contribution is 0.563. The molecule has 0 atom stereocenters. The third kappa shape index (κ3) is 2.94. The van der Waals surface area contributed by atoms with Gasteiger partial charge in [-0.05, 0) is 59.7 Å². The molecule has 2 nitrogen and oxygen atoms in total. The number of rotatable bonds is 4. The molecule has 1 heterocycles. The average molecular weight is 306 g/mol. The van der Waals surface area contributed by atoms with Crippen molar-refractivity contribution in [2.24, 2.45) is 0 Å². The van der Waals surface area contributed by atoms with E-state index in [0.29, 0.717) is 11.1 Å². The first-order valence-electron chi connectivity index (χ1n) is 8.35. The van der Waals surface area contributed by atoms with Crippen molar-refractivity contribution in [3.63, 3.8) is 0 Å². The van der Waals surface area contributed by atoms with Crippen molar-refractivity contribution in [3.8, 4) is 11.1 Å². The zero-order valence-electron chi connectivity index (χ0n) is 14.0. The fourth-order valence-corrected chi connectivity index (χ4v) is 3.04. The van der Waals surface area contributed by atoms with Crippen LogP contribution in [0.5, 0.6) is 0 Å². The highest BCUT2D eigenvalue weighted by Crippen LogP contribution is 2.25. The zero-order chi connectivity index (χ0) is 16.4. The first-order valence-corrected chi connectivity index (χ1v) is 8.35. The van der Waals surface area contributed by atoms with Gasteiger partial charge in [-0.3, -0.25) is 0 Å². The SMILES string of the molecule is CCc1ccc(-c2cc3cc(CC)c(CC)cc3oc2=O)cc1. The molecule has 1 aromatic heterocycles. The fourth-order valence-electron chi connectivity index (χ4n) is 3.04. The van der Waals surface area contributed by atoms with E-state index in [4.69, 9.17) is 4.42 Å². The van der Waals surface area contributed by atoms with E-state index in [1.54, 1.807) is 0 Å². The monoisotopic (exact) mass is 306 g/mol. The smallest absolute Gasteiger partial charge is 0.344 e. The second-order valence-electron chi connectivity index (χ2n) is 5.86. The summed E-state index contributed by atoms with van der Waals surface area (Å²) in [7, 11) is 0. The van der Waals surface area contributed by atoms with E-state index in [1.807, 2.05) is 24.3 Å². The summed E-state index contributed by atoms with van der Waals surface area (Å²) < 4.78 is 5.59. The van der Waals surface area contributed by atoms with Gasteiger partial charge in [0.05, 0.1) is 5.56 Å². The van der Waals surface area contributed by atoms with Gasteiger partial charge in [-0.2, -0.15) is 0 Å². The molecule has 0 N–H and O–H groups in total. The lowest BCUT2D eigenvalue weighted by Crippen LogP contribution is -2.03. The summed E-state index contributed by atoms with van der Waals surface area (Å²) in [6.07, 6.45) is 2.92. The fraction of sp³-hybridized carbons (Fsp3) is 0.286. The van der Waals surface area contributed by atoms with E-state index in [-0.39, 0.29) is 5.63 Å². The Morgan fingerprint density at radius 2 is 1.48 bits per heavy atom. The predicted molar refractivity (Wildman–Crippen MR) is 96.1 cm³/mol. The summed E-state index contributed by atoms with van der Waals surface area (Å²) in [6.45, 7) is 6.41. The van der Waals surface area contributed by atoms with E-state index in [9.17, 15) is 4.79 Å². The Balaban J connectivity index is 2.17. The van der Waals surface area contributed by atoms with E-state index < -0.39 is 0 Å². The second kappa shape index (κ2) is 6.41. The molecule has 3 aromatic rings. The highest BCUT2D eigenvalue weighted by Gasteiger charge is 2.10. The lowest BCUT2D eigenvalue weighted by atomic mass is 9.98. The zero-order valence-corrected chi connectivity index (χ0v) is 14.0. The maximum atomic E-state index is 12.4. The van der Waals surface area contributed by atoms with Crippen molar-refractivity contribution in [2.75, 3.05) is 0 Å². The molecule has 0 aliphatic carbocycles. The van der Waals surface area contributed by atoms with Crippen LogP contribution in [0.4, 0.5) is 0 Å². The topological polar surface area (TPSA) is 30.2 Å². The van der Waals surface area contributed by atoms with E-state index in [0.717, 1.165) is 30.2 Å². The molecule has 0 spiro atoms. The molecule has 0 unspecified atom stereocenters. The molecule has 118 valence electrons. The molecule has 0 saturated carbocycles. The molecule has 0 bridgehead atoms. The Kier molecular flexibility index (Phi) is 4.33. The first kappa shape index (κ1) is 15.5. The molecular weight excluding hydrogens is 284 g/mol. The van der Waals surface area contributed by atoms with Gasteiger partial charge in [-0.1, -0.05) is 45.0 Å². The predicted octanol–water partition coefficient (Wildman–Crippen LogP) is 5.15. The van der Waals surface area contributed by atoms with Crippen LogP contribution in [0.3, 0.4) is 0 Å². The summed E-state index contributed by atoms with van der Waals surface area (Å²) in [4.78, 5) is 12.4. The molecule has 0 fully saturated rings. The van der Waals surface area contributed by atoms with Gasteiger partial charge in [0.2, 0.25) is 0 Å². The molecule has 0 aliphatic rings. The minimum absolute atomic E-state index is 0.270. The van der Waals surface area contributed by atoms with Crippen molar-refractivity contribution in [2.45, 2.75) is 40.0 Å². The Morgan fingerprint density at radius 3 is 2.09 bits per heavy atom. The Morgan fingerprint density at radius 1 is 0.826 bits per heavy atom. The van der Waals surface area contributed by atoms with Gasteiger partial charge in [0.25, 0.3) is 0 Å². The molecule has 0 amide bonds. The van der Waals surface area contributed by atoms with Crippen molar-refractivity contribution < 1.29 is 4.42 Å². The van der Waals surface area contributed by atoms with Crippen LogP contribution in [0.15, 0.2) is 51.7 Å². The summed E-state index contributed by atoms with van der Waals surface area (Å²) in [5.74, 6) is 0. The minimum atomic E-state index is -0.270. The molecule has 23 heavy (non-hydrogen) atoms.